The number of anilines is 1. The zero-order valence-corrected chi connectivity index (χ0v) is 23.4. The zero-order chi connectivity index (χ0) is 28.3. The number of benzene rings is 3. The Bertz CT molecular complexity index is 1640. The number of sulfonamides is 1. The van der Waals surface area contributed by atoms with Crippen molar-refractivity contribution in [3.8, 4) is 5.75 Å². The highest BCUT2D eigenvalue weighted by Gasteiger charge is 2.23. The van der Waals surface area contributed by atoms with Crippen LogP contribution in [-0.4, -0.2) is 32.3 Å². The van der Waals surface area contributed by atoms with E-state index < -0.39 is 15.9 Å². The number of aromatic nitrogens is 1. The van der Waals surface area contributed by atoms with Crippen molar-refractivity contribution in [2.75, 3.05) is 12.4 Å². The molecule has 4 aromatic rings. The summed E-state index contributed by atoms with van der Waals surface area (Å²) in [5.74, 6) is 0.112. The highest BCUT2D eigenvalue weighted by atomic mass is 32.2. The number of hydrogen-bond donors (Lipinski definition) is 3. The molecule has 1 aliphatic carbocycles. The number of hydrogen-bond acceptors (Lipinski definition) is 5. The number of carbonyl (C=O) groups excluding carboxylic acids is 2. The molecule has 1 aliphatic rings. The van der Waals surface area contributed by atoms with Crippen molar-refractivity contribution in [1.82, 2.24) is 9.71 Å². The molecule has 40 heavy (non-hydrogen) atoms. The molecule has 1 atom stereocenters. The minimum absolute atomic E-state index is 0.00832. The van der Waals surface area contributed by atoms with Crippen LogP contribution in [0.1, 0.15) is 66.4 Å². The van der Waals surface area contributed by atoms with Crippen LogP contribution in [0.5, 0.6) is 5.75 Å². The number of rotatable bonds is 9. The molecule has 1 heterocycles. The first kappa shape index (κ1) is 27.5. The molecule has 208 valence electrons. The summed E-state index contributed by atoms with van der Waals surface area (Å²) in [6.45, 7) is 2.03. The summed E-state index contributed by atoms with van der Waals surface area (Å²) in [6.07, 6.45) is 7.14. The molecule has 1 unspecified atom stereocenters. The second kappa shape index (κ2) is 11.6. The van der Waals surface area contributed by atoms with Gasteiger partial charge in [0.2, 0.25) is 5.91 Å². The van der Waals surface area contributed by atoms with E-state index in [0.717, 1.165) is 40.6 Å². The topological polar surface area (TPSA) is 117 Å². The lowest BCUT2D eigenvalue weighted by Gasteiger charge is -2.17. The summed E-state index contributed by atoms with van der Waals surface area (Å²) in [7, 11) is -2.49. The maximum absolute atomic E-state index is 12.8. The summed E-state index contributed by atoms with van der Waals surface area (Å²) in [6, 6.07) is 18.5. The number of nitrogens with one attached hydrogen (secondary N) is 3. The number of ether oxygens (including phenoxy) is 1. The smallest absolute Gasteiger partial charge is 0.265 e. The normalized spacial score (nSPS) is 14.7. The molecule has 0 saturated heterocycles. The van der Waals surface area contributed by atoms with Crippen LogP contribution in [0.25, 0.3) is 10.9 Å². The molecule has 3 aromatic carbocycles. The summed E-state index contributed by atoms with van der Waals surface area (Å²) in [4.78, 5) is 28.8. The van der Waals surface area contributed by atoms with Gasteiger partial charge in [-0.05, 0) is 66.8 Å². The number of H-pyrrole nitrogens is 1. The maximum atomic E-state index is 12.8. The molecule has 1 fully saturated rings. The summed E-state index contributed by atoms with van der Waals surface area (Å²) in [5.41, 5.74) is 3.70. The van der Waals surface area contributed by atoms with Gasteiger partial charge in [-0.15, -0.1) is 0 Å². The molecular weight excluding hydrogens is 526 g/mol. The van der Waals surface area contributed by atoms with E-state index in [1.807, 2.05) is 31.3 Å². The summed E-state index contributed by atoms with van der Waals surface area (Å²) in [5, 5.41) is 4.03. The van der Waals surface area contributed by atoms with Gasteiger partial charge >= 0.3 is 0 Å². The predicted molar refractivity (Wildman–Crippen MR) is 155 cm³/mol. The highest BCUT2D eigenvalue weighted by Crippen LogP contribution is 2.37. The molecule has 2 amide bonds. The maximum Gasteiger partial charge on any atom is 0.265 e. The number of methoxy groups -OCH3 is 1. The Morgan fingerprint density at radius 2 is 1.75 bits per heavy atom. The van der Waals surface area contributed by atoms with Crippen LogP contribution in [0.15, 0.2) is 77.8 Å². The van der Waals surface area contributed by atoms with Gasteiger partial charge in [0, 0.05) is 46.3 Å². The number of amides is 2. The van der Waals surface area contributed by atoms with Crippen molar-refractivity contribution >= 4 is 38.4 Å². The first-order valence-electron chi connectivity index (χ1n) is 13.5. The largest absolute Gasteiger partial charge is 0.496 e. The fourth-order valence-corrected chi connectivity index (χ4v) is 6.48. The molecule has 1 aromatic heterocycles. The van der Waals surface area contributed by atoms with Crippen molar-refractivity contribution < 1.29 is 22.7 Å². The van der Waals surface area contributed by atoms with E-state index in [2.05, 4.69) is 15.0 Å². The van der Waals surface area contributed by atoms with E-state index in [1.165, 1.54) is 32.1 Å². The Labute approximate surface area is 234 Å². The van der Waals surface area contributed by atoms with Gasteiger partial charge in [0.1, 0.15) is 5.75 Å². The lowest BCUT2D eigenvalue weighted by Crippen LogP contribution is -2.30. The predicted octanol–water partition coefficient (Wildman–Crippen LogP) is 5.97. The van der Waals surface area contributed by atoms with Gasteiger partial charge in [0.05, 0.1) is 12.0 Å². The van der Waals surface area contributed by atoms with Gasteiger partial charge in [-0.25, -0.2) is 13.1 Å². The van der Waals surface area contributed by atoms with Crippen LogP contribution in [-0.2, 0) is 14.8 Å². The van der Waals surface area contributed by atoms with Gasteiger partial charge in [-0.2, -0.15) is 0 Å². The number of carbonyl (C=O) groups is 2. The standard InChI is InChI=1S/C31H33N3O5S/c1-20(27-19-32-28-15-13-23(18-26(27)28)33-30(35)16-21-8-6-7-9-21)25-14-12-22(17-29(25)39-2)31(36)34-40(37,38)24-10-4-3-5-11-24/h3-5,10-15,17-21,32H,6-9,16H2,1-2H3,(H,33,35)(H,34,36). The van der Waals surface area contributed by atoms with E-state index in [-0.39, 0.29) is 22.3 Å². The van der Waals surface area contributed by atoms with Gasteiger partial charge in [-0.1, -0.05) is 44.0 Å². The third-order valence-corrected chi connectivity index (χ3v) is 9.00. The van der Waals surface area contributed by atoms with Crippen molar-refractivity contribution in [3.63, 3.8) is 0 Å². The fraction of sp³-hybridized carbons (Fsp3) is 0.290. The molecule has 8 nitrogen and oxygen atoms in total. The molecule has 0 aliphatic heterocycles. The van der Waals surface area contributed by atoms with Crippen LogP contribution in [0.4, 0.5) is 5.69 Å². The highest BCUT2D eigenvalue weighted by molar-refractivity contribution is 7.90. The zero-order valence-electron chi connectivity index (χ0n) is 22.6. The molecule has 0 bridgehead atoms. The third-order valence-electron chi connectivity index (χ3n) is 7.66. The Morgan fingerprint density at radius 3 is 2.48 bits per heavy atom. The van der Waals surface area contributed by atoms with Crippen molar-refractivity contribution in [2.24, 2.45) is 5.92 Å². The van der Waals surface area contributed by atoms with Crippen LogP contribution in [0, 0.1) is 5.92 Å². The molecule has 5 rings (SSSR count). The minimum atomic E-state index is -4.01. The molecule has 1 saturated carbocycles. The van der Waals surface area contributed by atoms with Crippen LogP contribution >= 0.6 is 0 Å². The minimum Gasteiger partial charge on any atom is -0.496 e. The van der Waals surface area contributed by atoms with Gasteiger partial charge in [0.25, 0.3) is 15.9 Å². The van der Waals surface area contributed by atoms with Crippen molar-refractivity contribution in [1.29, 1.82) is 0 Å². The van der Waals surface area contributed by atoms with E-state index in [1.54, 1.807) is 36.4 Å². The molecular formula is C31H33N3O5S. The average Bonchev–Trinajstić information content (AvgIpc) is 3.62. The Morgan fingerprint density at radius 1 is 1.00 bits per heavy atom. The summed E-state index contributed by atoms with van der Waals surface area (Å²) >= 11 is 0. The quantitative estimate of drug-likeness (QED) is 0.234. The molecule has 3 N–H and O–H groups in total. The van der Waals surface area contributed by atoms with Crippen LogP contribution in [0.2, 0.25) is 0 Å². The monoisotopic (exact) mass is 559 g/mol. The second-order valence-corrected chi connectivity index (χ2v) is 12.0. The van der Waals surface area contributed by atoms with Crippen molar-refractivity contribution in [2.45, 2.75) is 49.8 Å². The lowest BCUT2D eigenvalue weighted by molar-refractivity contribution is -0.117. The number of fused-ring (bicyclic) bond motifs is 1. The fourth-order valence-electron chi connectivity index (χ4n) is 5.48. The Balaban J connectivity index is 1.36. The van der Waals surface area contributed by atoms with Gasteiger partial charge in [-0.3, -0.25) is 9.59 Å². The van der Waals surface area contributed by atoms with E-state index in [4.69, 9.17) is 4.74 Å². The van der Waals surface area contributed by atoms with Gasteiger partial charge in [0.15, 0.2) is 0 Å². The average molecular weight is 560 g/mol. The van der Waals surface area contributed by atoms with E-state index in [9.17, 15) is 18.0 Å². The Hall–Kier alpha value is -4.11. The third kappa shape index (κ3) is 5.89. The first-order valence-corrected chi connectivity index (χ1v) is 14.9. The van der Waals surface area contributed by atoms with Gasteiger partial charge < -0.3 is 15.0 Å². The molecule has 0 radical (unpaired) electrons. The van der Waals surface area contributed by atoms with Crippen molar-refractivity contribution in [3.05, 3.63) is 89.6 Å². The van der Waals surface area contributed by atoms with E-state index >= 15 is 0 Å². The lowest BCUT2D eigenvalue weighted by atomic mass is 9.91. The van der Waals surface area contributed by atoms with E-state index in [0.29, 0.717) is 18.1 Å². The SMILES string of the molecule is COc1cc(C(=O)NS(=O)(=O)c2ccccc2)ccc1C(C)c1c[nH]c2ccc(NC(=O)CC3CCCC3)cc12. The van der Waals surface area contributed by atoms with Crippen LogP contribution < -0.4 is 14.8 Å². The summed E-state index contributed by atoms with van der Waals surface area (Å²) < 4.78 is 33.0. The Kier molecular flexibility index (Phi) is 7.93. The van der Waals surface area contributed by atoms with Crippen LogP contribution in [0.3, 0.4) is 0 Å². The second-order valence-electron chi connectivity index (χ2n) is 10.3. The molecule has 9 heteroatoms. The number of aromatic amines is 1. The molecule has 0 spiro atoms. The first-order chi connectivity index (χ1) is 19.2.